The third-order valence-corrected chi connectivity index (χ3v) is 5.04. The number of carbonyl (C=O) groups is 3. The average Bonchev–Trinajstić information content (AvgIpc) is 2.67. The maximum Gasteiger partial charge on any atom is 0.251 e. The Morgan fingerprint density at radius 2 is 1.73 bits per heavy atom. The van der Waals surface area contributed by atoms with E-state index < -0.39 is 17.8 Å². The monoisotopic (exact) mass is 477 g/mol. The fourth-order valence-electron chi connectivity index (χ4n) is 2.83. The van der Waals surface area contributed by atoms with E-state index in [9.17, 15) is 18.8 Å². The Balaban J connectivity index is 2.02. The largest absolute Gasteiger partial charge is 0.340 e. The van der Waals surface area contributed by atoms with Crippen molar-refractivity contribution in [3.63, 3.8) is 0 Å². The Kier molecular flexibility index (Phi) is 8.11. The van der Waals surface area contributed by atoms with Crippen molar-refractivity contribution in [3.8, 4) is 0 Å². The minimum absolute atomic E-state index is 0.163. The number of halogens is 2. The summed E-state index contributed by atoms with van der Waals surface area (Å²) >= 11 is 3.37. The van der Waals surface area contributed by atoms with Gasteiger partial charge in [-0.1, -0.05) is 29.8 Å². The normalized spacial score (nSPS) is 11.7. The molecule has 1 unspecified atom stereocenters. The topological polar surface area (TPSA) is 78.5 Å². The number of amides is 3. The molecule has 0 saturated carbocycles. The van der Waals surface area contributed by atoms with Crippen molar-refractivity contribution >= 4 is 39.3 Å². The van der Waals surface area contributed by atoms with Crippen LogP contribution in [0.4, 0.5) is 10.1 Å². The first-order valence-corrected chi connectivity index (χ1v) is 10.2. The zero-order chi connectivity index (χ0) is 22.4. The second-order valence-electron chi connectivity index (χ2n) is 7.40. The quantitative estimate of drug-likeness (QED) is 0.637. The van der Waals surface area contributed by atoms with Crippen LogP contribution in [0.2, 0.25) is 0 Å². The molecular formula is C22H25BrFN3O3. The van der Waals surface area contributed by atoms with Crippen LogP contribution in [-0.4, -0.2) is 42.3 Å². The van der Waals surface area contributed by atoms with Gasteiger partial charge < -0.3 is 15.5 Å². The molecule has 2 N–H and O–H groups in total. The Labute approximate surface area is 184 Å². The van der Waals surface area contributed by atoms with Crippen molar-refractivity contribution in [1.29, 1.82) is 0 Å². The van der Waals surface area contributed by atoms with Gasteiger partial charge in [-0.15, -0.1) is 0 Å². The van der Waals surface area contributed by atoms with Crippen LogP contribution in [0.15, 0.2) is 46.9 Å². The van der Waals surface area contributed by atoms with E-state index in [1.807, 2.05) is 19.1 Å². The van der Waals surface area contributed by atoms with Gasteiger partial charge in [0, 0.05) is 22.8 Å². The summed E-state index contributed by atoms with van der Waals surface area (Å²) in [5, 5.41) is 5.47. The molecule has 0 fully saturated rings. The summed E-state index contributed by atoms with van der Waals surface area (Å²) in [6.45, 7) is 5.30. The molecule has 6 nitrogen and oxygen atoms in total. The Hall–Kier alpha value is -2.74. The lowest BCUT2D eigenvalue weighted by Crippen LogP contribution is -2.51. The van der Waals surface area contributed by atoms with Gasteiger partial charge in [0.2, 0.25) is 11.8 Å². The molecule has 0 aromatic heterocycles. The fourth-order valence-corrected chi connectivity index (χ4v) is 3.30. The van der Waals surface area contributed by atoms with Crippen LogP contribution in [0.1, 0.15) is 29.8 Å². The summed E-state index contributed by atoms with van der Waals surface area (Å²) in [4.78, 5) is 39.0. The predicted molar refractivity (Wildman–Crippen MR) is 118 cm³/mol. The van der Waals surface area contributed by atoms with Gasteiger partial charge in [0.25, 0.3) is 5.91 Å². The Morgan fingerprint density at radius 3 is 2.30 bits per heavy atom. The zero-order valence-corrected chi connectivity index (χ0v) is 18.9. The fraction of sp³-hybridized carbons (Fsp3) is 0.318. The first-order chi connectivity index (χ1) is 14.1. The molecule has 0 saturated heterocycles. The molecule has 8 heteroatoms. The van der Waals surface area contributed by atoms with E-state index in [4.69, 9.17) is 0 Å². The van der Waals surface area contributed by atoms with Crippen LogP contribution in [0, 0.1) is 18.7 Å². The van der Waals surface area contributed by atoms with E-state index in [1.165, 1.54) is 36.2 Å². The number of hydrogen-bond acceptors (Lipinski definition) is 3. The van der Waals surface area contributed by atoms with Gasteiger partial charge in [0.1, 0.15) is 11.9 Å². The lowest BCUT2D eigenvalue weighted by atomic mass is 10.0. The maximum absolute atomic E-state index is 13.1. The number of anilines is 1. The Bertz CT molecular complexity index is 932. The number of aryl methyl sites for hydroxylation is 1. The zero-order valence-electron chi connectivity index (χ0n) is 17.3. The average molecular weight is 478 g/mol. The first-order valence-electron chi connectivity index (χ1n) is 9.46. The molecule has 0 aliphatic carbocycles. The van der Waals surface area contributed by atoms with E-state index in [2.05, 4.69) is 26.6 Å². The van der Waals surface area contributed by atoms with Crippen molar-refractivity contribution in [2.75, 3.05) is 18.9 Å². The minimum atomic E-state index is -0.824. The third-order valence-electron chi connectivity index (χ3n) is 4.55. The van der Waals surface area contributed by atoms with Crippen LogP contribution in [0.25, 0.3) is 0 Å². The number of hydrogen-bond donors (Lipinski definition) is 2. The lowest BCUT2D eigenvalue weighted by Gasteiger charge is -2.27. The van der Waals surface area contributed by atoms with E-state index >= 15 is 0 Å². The van der Waals surface area contributed by atoms with Gasteiger partial charge in [0.15, 0.2) is 0 Å². The standard InChI is InChI=1S/C22H25BrFN3O3/c1-13(2)20(26-21(29)15-5-8-17(24)9-6-15)22(30)27(4)12-19(28)25-18-10-7-16(23)11-14(18)3/h5-11,13,20H,12H2,1-4H3,(H,25,28)(H,26,29). The van der Waals surface area contributed by atoms with E-state index in [0.29, 0.717) is 5.69 Å². The highest BCUT2D eigenvalue weighted by atomic mass is 79.9. The SMILES string of the molecule is Cc1cc(Br)ccc1NC(=O)CN(C)C(=O)C(NC(=O)c1ccc(F)cc1)C(C)C. The number of rotatable bonds is 7. The number of carbonyl (C=O) groups excluding carboxylic acids is 3. The summed E-state index contributed by atoms with van der Waals surface area (Å²) < 4.78 is 14.0. The summed E-state index contributed by atoms with van der Waals surface area (Å²) in [5.74, 6) is -1.87. The maximum atomic E-state index is 13.1. The molecule has 0 radical (unpaired) electrons. The molecule has 30 heavy (non-hydrogen) atoms. The van der Waals surface area contributed by atoms with Gasteiger partial charge in [-0.2, -0.15) is 0 Å². The van der Waals surface area contributed by atoms with Gasteiger partial charge in [0.05, 0.1) is 6.54 Å². The van der Waals surface area contributed by atoms with E-state index in [0.717, 1.165) is 10.0 Å². The van der Waals surface area contributed by atoms with Crippen LogP contribution in [-0.2, 0) is 9.59 Å². The van der Waals surface area contributed by atoms with Crippen molar-refractivity contribution < 1.29 is 18.8 Å². The summed E-state index contributed by atoms with van der Waals surface area (Å²) in [6.07, 6.45) is 0. The summed E-state index contributed by atoms with van der Waals surface area (Å²) in [6, 6.07) is 9.72. The van der Waals surface area contributed by atoms with E-state index in [1.54, 1.807) is 19.9 Å². The number of likely N-dealkylation sites (N-methyl/N-ethyl adjacent to an activating group) is 1. The van der Waals surface area contributed by atoms with Crippen LogP contribution in [0.5, 0.6) is 0 Å². The molecule has 1 atom stereocenters. The summed E-state index contributed by atoms with van der Waals surface area (Å²) in [7, 11) is 1.51. The van der Waals surface area contributed by atoms with E-state index in [-0.39, 0.29) is 29.8 Å². The number of nitrogens with zero attached hydrogens (tertiary/aromatic N) is 1. The first kappa shape index (κ1) is 23.5. The molecule has 2 rings (SSSR count). The number of benzene rings is 2. The van der Waals surface area contributed by atoms with Crippen molar-refractivity contribution in [3.05, 3.63) is 63.9 Å². The molecule has 0 aliphatic heterocycles. The predicted octanol–water partition coefficient (Wildman–Crippen LogP) is 3.75. The van der Waals surface area contributed by atoms with Gasteiger partial charge in [-0.3, -0.25) is 14.4 Å². The van der Waals surface area contributed by atoms with Crippen molar-refractivity contribution in [1.82, 2.24) is 10.2 Å². The summed E-state index contributed by atoms with van der Waals surface area (Å²) in [5.41, 5.74) is 1.80. The molecule has 0 bridgehead atoms. The molecule has 160 valence electrons. The van der Waals surface area contributed by atoms with Crippen LogP contribution >= 0.6 is 15.9 Å². The van der Waals surface area contributed by atoms with Crippen molar-refractivity contribution in [2.45, 2.75) is 26.8 Å². The van der Waals surface area contributed by atoms with Crippen LogP contribution in [0.3, 0.4) is 0 Å². The molecule has 0 aliphatic rings. The molecule has 3 amide bonds. The lowest BCUT2D eigenvalue weighted by molar-refractivity contribution is -0.135. The molecule has 0 spiro atoms. The minimum Gasteiger partial charge on any atom is -0.340 e. The molecular weight excluding hydrogens is 453 g/mol. The second-order valence-corrected chi connectivity index (χ2v) is 8.32. The highest BCUT2D eigenvalue weighted by Gasteiger charge is 2.28. The highest BCUT2D eigenvalue weighted by molar-refractivity contribution is 9.10. The smallest absolute Gasteiger partial charge is 0.251 e. The molecule has 2 aromatic rings. The highest BCUT2D eigenvalue weighted by Crippen LogP contribution is 2.20. The van der Waals surface area contributed by atoms with Crippen LogP contribution < -0.4 is 10.6 Å². The second kappa shape index (κ2) is 10.3. The number of nitrogens with one attached hydrogen (secondary N) is 2. The molecule has 2 aromatic carbocycles. The van der Waals surface area contributed by atoms with Gasteiger partial charge in [-0.25, -0.2) is 4.39 Å². The molecule has 0 heterocycles. The Morgan fingerprint density at radius 1 is 1.10 bits per heavy atom. The van der Waals surface area contributed by atoms with Gasteiger partial charge in [-0.05, 0) is 60.9 Å². The third kappa shape index (κ3) is 6.38. The van der Waals surface area contributed by atoms with Crippen molar-refractivity contribution in [2.24, 2.45) is 5.92 Å². The van der Waals surface area contributed by atoms with Gasteiger partial charge >= 0.3 is 0 Å².